The number of fused-ring (bicyclic) bond motifs is 3. The molecule has 2 N–H and O–H groups in total. The van der Waals surface area contributed by atoms with Gasteiger partial charge in [-0.2, -0.15) is 0 Å². The molecule has 3 rings (SSSR count). The number of carbonyl (C=O) groups is 1. The van der Waals surface area contributed by atoms with E-state index < -0.39 is 5.91 Å². The van der Waals surface area contributed by atoms with Gasteiger partial charge in [-0.05, 0) is 36.2 Å². The monoisotopic (exact) mass is 320 g/mol. The molecule has 0 spiro atoms. The van der Waals surface area contributed by atoms with Gasteiger partial charge in [0, 0.05) is 4.88 Å². The van der Waals surface area contributed by atoms with Crippen molar-refractivity contribution in [3.63, 3.8) is 0 Å². The Bertz CT molecular complexity index is 800. The summed E-state index contributed by atoms with van der Waals surface area (Å²) in [7, 11) is 0. The summed E-state index contributed by atoms with van der Waals surface area (Å²) in [4.78, 5) is 25.5. The molecule has 2 aromatic heterocycles. The lowest BCUT2D eigenvalue weighted by Crippen LogP contribution is -2.31. The first-order chi connectivity index (χ1) is 10.3. The minimum absolute atomic E-state index is 0.225. The Morgan fingerprint density at radius 2 is 2.18 bits per heavy atom. The average molecular weight is 320 g/mol. The predicted octanol–water partition coefficient (Wildman–Crippen LogP) is 1.49. The smallest absolute Gasteiger partial charge is 0.279 e. The molecule has 7 heteroatoms. The number of aryl methyl sites for hydroxylation is 1. The molecule has 118 valence electrons. The van der Waals surface area contributed by atoms with E-state index in [4.69, 9.17) is 5.73 Å². The maximum Gasteiger partial charge on any atom is 0.279 e. The highest BCUT2D eigenvalue weighted by molar-refractivity contribution is 7.18. The van der Waals surface area contributed by atoms with Gasteiger partial charge in [0.1, 0.15) is 6.54 Å². The van der Waals surface area contributed by atoms with E-state index in [0.717, 1.165) is 29.5 Å². The molecule has 2 aromatic rings. The lowest BCUT2D eigenvalue weighted by molar-refractivity contribution is -0.118. The zero-order chi connectivity index (χ0) is 16.1. The van der Waals surface area contributed by atoms with Crippen LogP contribution >= 0.6 is 11.3 Å². The van der Waals surface area contributed by atoms with Gasteiger partial charge in [-0.25, -0.2) is 4.68 Å². The molecule has 1 amide bonds. The molecule has 0 aromatic carbocycles. The molecule has 2 heterocycles. The van der Waals surface area contributed by atoms with Gasteiger partial charge in [0.05, 0.1) is 5.39 Å². The second-order valence-corrected chi connectivity index (χ2v) is 8.09. The summed E-state index contributed by atoms with van der Waals surface area (Å²) in [6, 6.07) is 0. The van der Waals surface area contributed by atoms with Crippen LogP contribution in [0, 0.1) is 11.3 Å². The fourth-order valence-electron chi connectivity index (χ4n) is 3.12. The van der Waals surface area contributed by atoms with E-state index in [2.05, 4.69) is 31.1 Å². The first-order valence-corrected chi connectivity index (χ1v) is 8.25. The van der Waals surface area contributed by atoms with E-state index in [0.29, 0.717) is 16.1 Å². The first kappa shape index (κ1) is 15.1. The molecule has 1 aliphatic carbocycles. The number of amides is 1. The Morgan fingerprint density at radius 3 is 2.82 bits per heavy atom. The zero-order valence-corrected chi connectivity index (χ0v) is 13.9. The van der Waals surface area contributed by atoms with Crippen molar-refractivity contribution in [1.29, 1.82) is 0 Å². The van der Waals surface area contributed by atoms with E-state index in [1.54, 1.807) is 11.3 Å². The van der Waals surface area contributed by atoms with Crippen LogP contribution in [0.5, 0.6) is 0 Å². The second-order valence-electron chi connectivity index (χ2n) is 7.01. The Hall–Kier alpha value is -1.76. The van der Waals surface area contributed by atoms with Crippen LogP contribution in [-0.4, -0.2) is 20.9 Å². The molecular formula is C15H20N4O2S. The van der Waals surface area contributed by atoms with E-state index in [9.17, 15) is 9.59 Å². The van der Waals surface area contributed by atoms with Crippen molar-refractivity contribution in [3.05, 3.63) is 20.8 Å². The molecule has 1 aliphatic rings. The Morgan fingerprint density at radius 1 is 1.45 bits per heavy atom. The minimum Gasteiger partial charge on any atom is -0.368 e. The zero-order valence-electron chi connectivity index (χ0n) is 13.0. The van der Waals surface area contributed by atoms with Gasteiger partial charge < -0.3 is 5.73 Å². The van der Waals surface area contributed by atoms with E-state index >= 15 is 0 Å². The third kappa shape index (κ3) is 2.54. The lowest BCUT2D eigenvalue weighted by atomic mass is 9.72. The van der Waals surface area contributed by atoms with Gasteiger partial charge in [0.25, 0.3) is 5.56 Å². The van der Waals surface area contributed by atoms with Crippen molar-refractivity contribution in [2.45, 2.75) is 46.6 Å². The van der Waals surface area contributed by atoms with Crippen molar-refractivity contribution in [1.82, 2.24) is 15.0 Å². The summed E-state index contributed by atoms with van der Waals surface area (Å²) in [5.41, 5.74) is 6.25. The third-order valence-electron chi connectivity index (χ3n) is 4.47. The average Bonchev–Trinajstić information content (AvgIpc) is 2.78. The Kier molecular flexibility index (Phi) is 3.55. The number of hydrogen-bond donors (Lipinski definition) is 1. The summed E-state index contributed by atoms with van der Waals surface area (Å²) in [6.45, 7) is 6.55. The predicted molar refractivity (Wildman–Crippen MR) is 85.8 cm³/mol. The second kappa shape index (κ2) is 5.15. The molecule has 22 heavy (non-hydrogen) atoms. The number of aromatic nitrogens is 3. The van der Waals surface area contributed by atoms with Gasteiger partial charge in [-0.1, -0.05) is 26.0 Å². The standard InChI is InChI=1S/C15H20N4O2S/c1-15(2,3)8-4-5-9-10(6-8)22-13-12(9)14(21)19(18-17-13)7-11(16)20/h8H,4-7H2,1-3H3,(H2,16,20). The van der Waals surface area contributed by atoms with E-state index in [1.807, 2.05) is 0 Å². The topological polar surface area (TPSA) is 90.9 Å². The van der Waals surface area contributed by atoms with Gasteiger partial charge in [-0.15, -0.1) is 16.4 Å². The molecular weight excluding hydrogens is 300 g/mol. The normalized spacial score (nSPS) is 18.4. The van der Waals surface area contributed by atoms with E-state index in [-0.39, 0.29) is 17.5 Å². The van der Waals surface area contributed by atoms with Crippen LogP contribution in [0.3, 0.4) is 0 Å². The number of nitrogens with two attached hydrogens (primary N) is 1. The highest BCUT2D eigenvalue weighted by Crippen LogP contribution is 2.41. The minimum atomic E-state index is -0.590. The van der Waals surface area contributed by atoms with Crippen LogP contribution in [0.25, 0.3) is 10.2 Å². The fourth-order valence-corrected chi connectivity index (χ4v) is 4.35. The molecule has 0 fully saturated rings. The number of primary amides is 1. The molecule has 6 nitrogen and oxygen atoms in total. The van der Waals surface area contributed by atoms with Gasteiger partial charge >= 0.3 is 0 Å². The van der Waals surface area contributed by atoms with Crippen LogP contribution in [0.4, 0.5) is 0 Å². The van der Waals surface area contributed by atoms with Gasteiger partial charge in [-0.3, -0.25) is 9.59 Å². The summed E-state index contributed by atoms with van der Waals surface area (Å²) in [6.07, 6.45) is 2.93. The molecule has 1 atom stereocenters. The van der Waals surface area contributed by atoms with Crippen molar-refractivity contribution >= 4 is 27.5 Å². The van der Waals surface area contributed by atoms with Crippen LogP contribution in [0.2, 0.25) is 0 Å². The largest absolute Gasteiger partial charge is 0.368 e. The molecule has 0 aliphatic heterocycles. The maximum atomic E-state index is 12.5. The molecule has 1 unspecified atom stereocenters. The van der Waals surface area contributed by atoms with Gasteiger partial charge in [0.2, 0.25) is 5.91 Å². The molecule has 0 saturated heterocycles. The maximum absolute atomic E-state index is 12.5. The van der Waals surface area contributed by atoms with Crippen LogP contribution in [0.1, 0.15) is 37.6 Å². The van der Waals surface area contributed by atoms with Crippen LogP contribution < -0.4 is 11.3 Å². The Labute approximate surface area is 132 Å². The van der Waals surface area contributed by atoms with Crippen LogP contribution in [0.15, 0.2) is 4.79 Å². The fraction of sp³-hybridized carbons (Fsp3) is 0.600. The van der Waals surface area contributed by atoms with Crippen LogP contribution in [-0.2, 0) is 24.2 Å². The summed E-state index contributed by atoms with van der Waals surface area (Å²) >= 11 is 1.56. The van der Waals surface area contributed by atoms with Crippen molar-refractivity contribution in [3.8, 4) is 0 Å². The lowest BCUT2D eigenvalue weighted by Gasteiger charge is -2.33. The third-order valence-corrected chi connectivity index (χ3v) is 5.61. The quantitative estimate of drug-likeness (QED) is 0.907. The van der Waals surface area contributed by atoms with Crippen molar-refractivity contribution in [2.75, 3.05) is 0 Å². The summed E-state index contributed by atoms with van der Waals surface area (Å²) in [5, 5.41) is 8.56. The first-order valence-electron chi connectivity index (χ1n) is 7.43. The molecule has 0 bridgehead atoms. The Balaban J connectivity index is 2.08. The highest BCUT2D eigenvalue weighted by Gasteiger charge is 2.31. The molecule has 0 radical (unpaired) electrons. The SMILES string of the molecule is CC(C)(C)C1CCc2c(sc3nnn(CC(N)=O)c(=O)c23)C1. The number of rotatable bonds is 2. The number of thiophene rings is 1. The summed E-state index contributed by atoms with van der Waals surface area (Å²) < 4.78 is 1.06. The molecule has 0 saturated carbocycles. The number of carbonyl (C=O) groups excluding carboxylic acids is 1. The van der Waals surface area contributed by atoms with Crippen molar-refractivity contribution in [2.24, 2.45) is 17.1 Å². The highest BCUT2D eigenvalue weighted by atomic mass is 32.1. The van der Waals surface area contributed by atoms with Gasteiger partial charge in [0.15, 0.2) is 4.83 Å². The summed E-state index contributed by atoms with van der Waals surface area (Å²) in [5.74, 6) is 0.0153. The number of hydrogen-bond acceptors (Lipinski definition) is 5. The van der Waals surface area contributed by atoms with Crippen molar-refractivity contribution < 1.29 is 4.79 Å². The van der Waals surface area contributed by atoms with E-state index in [1.165, 1.54) is 4.88 Å². The number of nitrogens with zero attached hydrogens (tertiary/aromatic N) is 3.